The van der Waals surface area contributed by atoms with E-state index in [1.54, 1.807) is 31.4 Å². The van der Waals surface area contributed by atoms with Crippen LogP contribution in [0.4, 0.5) is 5.69 Å². The molecule has 0 spiro atoms. The van der Waals surface area contributed by atoms with E-state index in [0.717, 1.165) is 23.5 Å². The Labute approximate surface area is 155 Å². The molecule has 0 bridgehead atoms. The monoisotopic (exact) mass is 360 g/mol. The van der Waals surface area contributed by atoms with Gasteiger partial charge in [0, 0.05) is 12.2 Å². The molecule has 1 unspecified atom stereocenters. The van der Waals surface area contributed by atoms with Crippen LogP contribution in [0.2, 0.25) is 0 Å². The number of carbonyl (C=O) groups is 2. The highest BCUT2D eigenvalue weighted by Crippen LogP contribution is 2.19. The summed E-state index contributed by atoms with van der Waals surface area (Å²) in [6.45, 7) is 1.20. The molecule has 3 N–H and O–H groups in total. The smallest absolute Gasteiger partial charge is 0.279 e. The van der Waals surface area contributed by atoms with Crippen LogP contribution >= 0.6 is 0 Å². The highest BCUT2D eigenvalue weighted by molar-refractivity contribution is 5.91. The number of hydrogen-bond donors (Lipinski definition) is 3. The maximum Gasteiger partial charge on any atom is 0.279 e. The summed E-state index contributed by atoms with van der Waals surface area (Å²) in [6, 6.07) is 7.17. The number of likely N-dealkylation sites (N-methyl/N-ethyl adjacent to an activating group) is 1. The summed E-state index contributed by atoms with van der Waals surface area (Å²) in [7, 11) is 3.44. The molecule has 2 amide bonds. The Balaban J connectivity index is 1.64. The molecule has 0 aromatic heterocycles. The van der Waals surface area contributed by atoms with Gasteiger partial charge in [-0.1, -0.05) is 11.6 Å². The molecule has 1 atom stereocenters. The van der Waals surface area contributed by atoms with Gasteiger partial charge in [-0.2, -0.15) is 0 Å². The summed E-state index contributed by atoms with van der Waals surface area (Å²) in [5, 5.41) is 5.78. The zero-order valence-electron chi connectivity index (χ0n) is 15.8. The topological polar surface area (TPSA) is 71.9 Å². The van der Waals surface area contributed by atoms with Crippen molar-refractivity contribution in [3.8, 4) is 5.75 Å². The largest absolute Gasteiger partial charge is 0.497 e. The summed E-state index contributed by atoms with van der Waals surface area (Å²) < 4.78 is 5.09. The Morgan fingerprint density at radius 1 is 1.12 bits per heavy atom. The van der Waals surface area contributed by atoms with Crippen LogP contribution in [0.15, 0.2) is 35.9 Å². The Kier molecular flexibility index (Phi) is 8.15. The van der Waals surface area contributed by atoms with Gasteiger partial charge in [0.25, 0.3) is 11.8 Å². The third-order valence-corrected chi connectivity index (χ3v) is 4.45. The van der Waals surface area contributed by atoms with Gasteiger partial charge in [0.2, 0.25) is 0 Å². The molecule has 1 aromatic rings. The van der Waals surface area contributed by atoms with Crippen LogP contribution in [0.3, 0.4) is 0 Å². The van der Waals surface area contributed by atoms with Gasteiger partial charge in [0.15, 0.2) is 13.1 Å². The molecular formula is C20H30N3O3+. The average Bonchev–Trinajstić information content (AvgIpc) is 2.63. The lowest BCUT2D eigenvalue weighted by Crippen LogP contribution is -3.11. The molecule has 2 rings (SSSR count). The van der Waals surface area contributed by atoms with E-state index in [1.807, 2.05) is 7.05 Å². The quantitative estimate of drug-likeness (QED) is 0.579. The van der Waals surface area contributed by atoms with Crippen molar-refractivity contribution in [3.63, 3.8) is 0 Å². The van der Waals surface area contributed by atoms with E-state index >= 15 is 0 Å². The molecule has 0 heterocycles. The molecule has 0 saturated heterocycles. The van der Waals surface area contributed by atoms with Crippen LogP contribution in [0.5, 0.6) is 5.75 Å². The highest BCUT2D eigenvalue weighted by Gasteiger charge is 2.14. The zero-order chi connectivity index (χ0) is 18.8. The van der Waals surface area contributed by atoms with Crippen molar-refractivity contribution < 1.29 is 19.2 Å². The molecule has 6 heteroatoms. The van der Waals surface area contributed by atoms with E-state index in [2.05, 4.69) is 16.7 Å². The number of methoxy groups -OCH3 is 1. The Morgan fingerprint density at radius 2 is 1.85 bits per heavy atom. The summed E-state index contributed by atoms with van der Waals surface area (Å²) in [5.74, 6) is 0.607. The second kappa shape index (κ2) is 10.6. The number of hydrogen-bond acceptors (Lipinski definition) is 3. The van der Waals surface area contributed by atoms with E-state index in [4.69, 9.17) is 4.74 Å². The van der Waals surface area contributed by atoms with E-state index < -0.39 is 0 Å². The van der Waals surface area contributed by atoms with Crippen molar-refractivity contribution in [2.75, 3.05) is 39.1 Å². The van der Waals surface area contributed by atoms with Gasteiger partial charge < -0.3 is 20.3 Å². The Bertz CT molecular complexity index is 626. The first-order chi connectivity index (χ1) is 12.6. The lowest BCUT2D eigenvalue weighted by atomic mass is 9.97. The lowest BCUT2D eigenvalue weighted by Gasteiger charge is -2.15. The minimum atomic E-state index is -0.118. The summed E-state index contributed by atoms with van der Waals surface area (Å²) >= 11 is 0. The first-order valence-electron chi connectivity index (χ1n) is 9.26. The number of ether oxygens (including phenoxy) is 1. The molecule has 26 heavy (non-hydrogen) atoms. The minimum Gasteiger partial charge on any atom is -0.497 e. The van der Waals surface area contributed by atoms with Crippen LogP contribution in [0, 0.1) is 0 Å². The third-order valence-electron chi connectivity index (χ3n) is 4.45. The molecule has 1 aliphatic rings. The second-order valence-corrected chi connectivity index (χ2v) is 6.80. The molecule has 0 aliphatic heterocycles. The van der Waals surface area contributed by atoms with Crippen molar-refractivity contribution in [1.82, 2.24) is 5.32 Å². The first kappa shape index (κ1) is 20.0. The molecule has 1 aliphatic carbocycles. The summed E-state index contributed by atoms with van der Waals surface area (Å²) in [4.78, 5) is 24.9. The number of quaternary nitrogens is 1. The second-order valence-electron chi connectivity index (χ2n) is 6.80. The fourth-order valence-electron chi connectivity index (χ4n) is 3.05. The van der Waals surface area contributed by atoms with Crippen molar-refractivity contribution in [3.05, 3.63) is 35.9 Å². The van der Waals surface area contributed by atoms with Gasteiger partial charge in [-0.3, -0.25) is 9.59 Å². The Morgan fingerprint density at radius 3 is 2.50 bits per heavy atom. The van der Waals surface area contributed by atoms with Gasteiger partial charge in [-0.05, 0) is 56.4 Å². The number of carbonyl (C=O) groups excluding carboxylic acids is 2. The van der Waals surface area contributed by atoms with Crippen LogP contribution in [0.25, 0.3) is 0 Å². The predicted molar refractivity (Wildman–Crippen MR) is 102 cm³/mol. The molecular weight excluding hydrogens is 330 g/mol. The van der Waals surface area contributed by atoms with Crippen molar-refractivity contribution in [2.24, 2.45) is 0 Å². The maximum absolute atomic E-state index is 12.1. The maximum atomic E-state index is 12.1. The van der Waals surface area contributed by atoms with E-state index in [0.29, 0.717) is 12.2 Å². The molecule has 0 radical (unpaired) electrons. The van der Waals surface area contributed by atoms with Gasteiger partial charge in [0.05, 0.1) is 14.2 Å². The van der Waals surface area contributed by atoms with Crippen LogP contribution in [-0.4, -0.2) is 45.6 Å². The molecule has 6 nitrogen and oxygen atoms in total. The SMILES string of the molecule is COc1ccc(NC(=O)C[NH+](C)CC(=O)NCCC2=CCCCC2)cc1. The van der Waals surface area contributed by atoms with E-state index in [9.17, 15) is 9.59 Å². The predicted octanol–water partition coefficient (Wildman–Crippen LogP) is 1.16. The van der Waals surface area contributed by atoms with Crippen molar-refractivity contribution in [1.29, 1.82) is 0 Å². The lowest BCUT2D eigenvalue weighted by molar-refractivity contribution is -0.862. The van der Waals surface area contributed by atoms with Gasteiger partial charge in [-0.15, -0.1) is 0 Å². The fraction of sp³-hybridized carbons (Fsp3) is 0.500. The highest BCUT2D eigenvalue weighted by atomic mass is 16.5. The van der Waals surface area contributed by atoms with Gasteiger partial charge in [0.1, 0.15) is 5.75 Å². The standard InChI is InChI=1S/C20H29N3O3/c1-23(14-19(24)21-13-12-16-6-4-3-5-7-16)15-20(25)22-17-8-10-18(26-2)11-9-17/h6,8-11H,3-5,7,12-15H2,1-2H3,(H,21,24)(H,22,25)/p+1. The first-order valence-corrected chi connectivity index (χ1v) is 9.26. The fourth-order valence-corrected chi connectivity index (χ4v) is 3.05. The number of nitrogens with one attached hydrogen (secondary N) is 3. The van der Waals surface area contributed by atoms with E-state index in [-0.39, 0.29) is 24.9 Å². The molecule has 1 aromatic carbocycles. The third kappa shape index (κ3) is 7.27. The number of benzene rings is 1. The zero-order valence-corrected chi connectivity index (χ0v) is 15.8. The molecule has 142 valence electrons. The Hall–Kier alpha value is -2.34. The average molecular weight is 360 g/mol. The van der Waals surface area contributed by atoms with Gasteiger partial charge >= 0.3 is 0 Å². The number of rotatable bonds is 9. The minimum absolute atomic E-state index is 0.0174. The summed E-state index contributed by atoms with van der Waals surface area (Å²) in [6.07, 6.45) is 8.10. The van der Waals surface area contributed by atoms with Crippen LogP contribution in [-0.2, 0) is 9.59 Å². The number of amides is 2. The summed E-state index contributed by atoms with van der Waals surface area (Å²) in [5.41, 5.74) is 2.17. The van der Waals surface area contributed by atoms with Gasteiger partial charge in [-0.25, -0.2) is 0 Å². The number of anilines is 1. The van der Waals surface area contributed by atoms with E-state index in [1.165, 1.54) is 24.8 Å². The van der Waals surface area contributed by atoms with Crippen molar-refractivity contribution in [2.45, 2.75) is 32.1 Å². The van der Waals surface area contributed by atoms with Crippen LogP contribution in [0.1, 0.15) is 32.1 Å². The van der Waals surface area contributed by atoms with Crippen molar-refractivity contribution >= 4 is 17.5 Å². The van der Waals surface area contributed by atoms with Crippen LogP contribution < -0.4 is 20.3 Å². The molecule has 0 saturated carbocycles. The number of allylic oxidation sites excluding steroid dienone is 1. The normalized spacial score (nSPS) is 14.9. The molecule has 0 fully saturated rings.